The van der Waals surface area contributed by atoms with Crippen LogP contribution in [0.2, 0.25) is 38.8 Å². The topological polar surface area (TPSA) is 9.23 Å². The van der Waals surface area contributed by atoms with Crippen molar-refractivity contribution in [3.05, 3.63) is 0 Å². The minimum Gasteiger partial charge on any atom is -0.456 e. The first-order valence-corrected chi connectivity index (χ1v) is 12.9. The Morgan fingerprint density at radius 1 is 1.08 bits per heavy atom. The van der Waals surface area contributed by atoms with Crippen LogP contribution >= 0.6 is 11.8 Å². The maximum absolute atomic E-state index is 6.24. The first-order chi connectivity index (χ1) is 5.77. The van der Waals surface area contributed by atoms with Gasteiger partial charge in [-0.1, -0.05) is 0 Å². The van der Waals surface area contributed by atoms with Gasteiger partial charge in [0, 0.05) is 0 Å². The molecule has 0 aliphatic heterocycles. The van der Waals surface area contributed by atoms with Crippen LogP contribution in [0.1, 0.15) is 6.42 Å². The molecule has 0 unspecified atom stereocenters. The second-order valence-corrected chi connectivity index (χ2v) is 15.1. The summed E-state index contributed by atoms with van der Waals surface area (Å²) in [6.07, 6.45) is 3.50. The van der Waals surface area contributed by atoms with Gasteiger partial charge >= 0.3 is 0 Å². The van der Waals surface area contributed by atoms with Crippen LogP contribution in [0.15, 0.2) is 0 Å². The van der Waals surface area contributed by atoms with Crippen molar-refractivity contribution in [2.24, 2.45) is 0 Å². The quantitative estimate of drug-likeness (QED) is 0.512. The molecule has 0 amide bonds. The van der Waals surface area contributed by atoms with E-state index in [0.29, 0.717) is 0 Å². The Labute approximate surface area is 89.9 Å². The average Bonchev–Trinajstić information content (AvgIpc) is 1.81. The summed E-state index contributed by atoms with van der Waals surface area (Å²) in [4.78, 5) is 0. The summed E-state index contributed by atoms with van der Waals surface area (Å²) in [5.41, 5.74) is 0. The fourth-order valence-electron chi connectivity index (χ4n) is 1.52. The van der Waals surface area contributed by atoms with Crippen LogP contribution in [0.3, 0.4) is 0 Å². The largest absolute Gasteiger partial charge is 0.456 e. The molecule has 0 aliphatic carbocycles. The molecule has 0 radical (unpaired) electrons. The van der Waals surface area contributed by atoms with Gasteiger partial charge in [-0.05, 0) is 57.2 Å². The van der Waals surface area contributed by atoms with Gasteiger partial charge in [0.1, 0.15) is 0 Å². The Morgan fingerprint density at radius 3 is 2.00 bits per heavy atom. The van der Waals surface area contributed by atoms with Crippen LogP contribution in [-0.2, 0) is 4.12 Å². The van der Waals surface area contributed by atoms with E-state index in [-0.39, 0.29) is 0 Å². The van der Waals surface area contributed by atoms with Crippen LogP contribution in [0.4, 0.5) is 0 Å². The van der Waals surface area contributed by atoms with Gasteiger partial charge in [0.2, 0.25) is 0 Å². The maximum Gasteiger partial charge on any atom is 0.173 e. The Kier molecular flexibility index (Phi) is 5.90. The SMILES string of the molecule is CSCCC[Si](C)(C)O[Si](C)(C)C. The molecule has 0 fully saturated rings. The number of thioether (sulfide) groups is 1. The molecule has 0 atom stereocenters. The van der Waals surface area contributed by atoms with Gasteiger partial charge < -0.3 is 4.12 Å². The van der Waals surface area contributed by atoms with E-state index < -0.39 is 16.6 Å². The fraction of sp³-hybridized carbons (Fsp3) is 1.00. The summed E-state index contributed by atoms with van der Waals surface area (Å²) in [5.74, 6) is 1.28. The molecular weight excluding hydrogens is 212 g/mol. The molecule has 0 aromatic rings. The molecular formula is C9H24OSSi2. The molecule has 0 aromatic heterocycles. The molecule has 0 spiro atoms. The van der Waals surface area contributed by atoms with Crippen LogP contribution in [-0.4, -0.2) is 28.6 Å². The third kappa shape index (κ3) is 9.06. The molecule has 0 rings (SSSR count). The van der Waals surface area contributed by atoms with Crippen molar-refractivity contribution in [1.29, 1.82) is 0 Å². The summed E-state index contributed by atoms with van der Waals surface area (Å²) in [7, 11) is -2.63. The molecule has 0 heterocycles. The monoisotopic (exact) mass is 236 g/mol. The molecule has 0 bridgehead atoms. The van der Waals surface area contributed by atoms with E-state index in [1.165, 1.54) is 18.2 Å². The van der Waals surface area contributed by atoms with Crippen molar-refractivity contribution in [3.8, 4) is 0 Å². The van der Waals surface area contributed by atoms with Crippen molar-refractivity contribution in [2.75, 3.05) is 12.0 Å². The minimum atomic E-state index is -1.33. The molecule has 80 valence electrons. The molecule has 0 saturated heterocycles. The third-order valence-electron chi connectivity index (χ3n) is 1.71. The lowest BCUT2D eigenvalue weighted by molar-refractivity contribution is 0.546. The zero-order valence-corrected chi connectivity index (χ0v) is 12.8. The highest BCUT2D eigenvalue weighted by Crippen LogP contribution is 2.20. The van der Waals surface area contributed by atoms with E-state index in [4.69, 9.17) is 4.12 Å². The Morgan fingerprint density at radius 2 is 1.62 bits per heavy atom. The van der Waals surface area contributed by atoms with Crippen LogP contribution in [0.25, 0.3) is 0 Å². The van der Waals surface area contributed by atoms with E-state index in [2.05, 4.69) is 39.0 Å². The molecule has 0 aliphatic rings. The van der Waals surface area contributed by atoms with Gasteiger partial charge in [-0.2, -0.15) is 11.8 Å². The van der Waals surface area contributed by atoms with Gasteiger partial charge in [-0.15, -0.1) is 0 Å². The summed E-state index contributed by atoms with van der Waals surface area (Å²) < 4.78 is 6.24. The Balaban J connectivity index is 3.80. The van der Waals surface area contributed by atoms with E-state index >= 15 is 0 Å². The van der Waals surface area contributed by atoms with E-state index in [9.17, 15) is 0 Å². The van der Waals surface area contributed by atoms with Crippen molar-refractivity contribution < 1.29 is 4.12 Å². The zero-order valence-electron chi connectivity index (χ0n) is 9.94. The first kappa shape index (κ1) is 13.7. The predicted octanol–water partition coefficient (Wildman–Crippen LogP) is 3.80. The molecule has 0 N–H and O–H groups in total. The number of hydrogen-bond donors (Lipinski definition) is 0. The standard InChI is InChI=1S/C9H24OSSi2/c1-11-8-7-9-13(5,6)10-12(2,3)4/h7-9H2,1-6H3. The number of rotatable bonds is 6. The fourth-order valence-corrected chi connectivity index (χ4v) is 10.3. The van der Waals surface area contributed by atoms with Crippen LogP contribution in [0.5, 0.6) is 0 Å². The summed E-state index contributed by atoms with van der Waals surface area (Å²) in [5, 5.41) is 0. The lowest BCUT2D eigenvalue weighted by atomic mass is 10.6. The maximum atomic E-state index is 6.24. The van der Waals surface area contributed by atoms with Crippen molar-refractivity contribution >= 4 is 28.4 Å². The third-order valence-corrected chi connectivity index (χ3v) is 8.62. The van der Waals surface area contributed by atoms with Gasteiger partial charge in [0.15, 0.2) is 16.6 Å². The van der Waals surface area contributed by atoms with Crippen molar-refractivity contribution in [2.45, 2.75) is 45.2 Å². The van der Waals surface area contributed by atoms with Gasteiger partial charge in [-0.25, -0.2) is 0 Å². The molecule has 13 heavy (non-hydrogen) atoms. The number of hydrogen-bond acceptors (Lipinski definition) is 2. The smallest absolute Gasteiger partial charge is 0.173 e. The van der Waals surface area contributed by atoms with E-state index in [0.717, 1.165) is 0 Å². The van der Waals surface area contributed by atoms with Crippen LogP contribution in [0, 0.1) is 0 Å². The normalized spacial score (nSPS) is 13.4. The summed E-state index contributed by atoms with van der Waals surface area (Å²) >= 11 is 1.94. The van der Waals surface area contributed by atoms with Gasteiger partial charge in [0.25, 0.3) is 0 Å². The summed E-state index contributed by atoms with van der Waals surface area (Å²) in [6, 6.07) is 1.32. The highest BCUT2D eigenvalue weighted by molar-refractivity contribution is 7.98. The van der Waals surface area contributed by atoms with Gasteiger partial charge in [0.05, 0.1) is 0 Å². The Bertz CT molecular complexity index is 143. The van der Waals surface area contributed by atoms with E-state index in [1.54, 1.807) is 0 Å². The lowest BCUT2D eigenvalue weighted by Gasteiger charge is -2.31. The Hall–Kier alpha value is 0.744. The lowest BCUT2D eigenvalue weighted by Crippen LogP contribution is -2.42. The molecule has 1 nitrogen and oxygen atoms in total. The molecule has 4 heteroatoms. The highest BCUT2D eigenvalue weighted by Gasteiger charge is 2.28. The zero-order chi connectivity index (χ0) is 10.5. The summed E-state index contributed by atoms with van der Waals surface area (Å²) in [6.45, 7) is 11.6. The second-order valence-electron chi connectivity index (χ2n) is 5.07. The van der Waals surface area contributed by atoms with E-state index in [1.807, 2.05) is 11.8 Å². The second kappa shape index (κ2) is 5.58. The highest BCUT2D eigenvalue weighted by atomic mass is 32.2. The first-order valence-electron chi connectivity index (χ1n) is 4.96. The molecule has 0 saturated carbocycles. The van der Waals surface area contributed by atoms with Gasteiger partial charge in [-0.3, -0.25) is 0 Å². The van der Waals surface area contributed by atoms with Crippen LogP contribution < -0.4 is 0 Å². The van der Waals surface area contributed by atoms with Crippen molar-refractivity contribution in [1.82, 2.24) is 0 Å². The predicted molar refractivity (Wildman–Crippen MR) is 69.7 cm³/mol. The molecule has 0 aromatic carbocycles. The average molecular weight is 237 g/mol. The minimum absolute atomic E-state index is 1.28. The van der Waals surface area contributed by atoms with Crippen molar-refractivity contribution in [3.63, 3.8) is 0 Å².